The molecular formula is C34H52Cl2N3O3RuS-. The van der Waals surface area contributed by atoms with Gasteiger partial charge in [0.1, 0.15) is 0 Å². The van der Waals surface area contributed by atoms with Gasteiger partial charge in [-0.25, -0.2) is 0 Å². The maximum absolute atomic E-state index is 12.1. The van der Waals surface area contributed by atoms with E-state index < -0.39 is 23.5 Å². The number of para-hydroxylation sites is 1. The largest absolute Gasteiger partial charge is 0.507 e. The Morgan fingerprint density at radius 3 is 2.11 bits per heavy atom. The van der Waals surface area contributed by atoms with Gasteiger partial charge < -0.3 is 9.80 Å². The van der Waals surface area contributed by atoms with E-state index >= 15 is 0 Å². The van der Waals surface area contributed by atoms with Crippen LogP contribution in [0.25, 0.3) is 0 Å². The predicted octanol–water partition coefficient (Wildman–Crippen LogP) is 8.56. The second-order valence-electron chi connectivity index (χ2n) is 12.9. The van der Waals surface area contributed by atoms with Crippen molar-refractivity contribution in [1.82, 2.24) is 9.21 Å². The Bertz CT molecular complexity index is 1330. The minimum atomic E-state index is -3.49. The van der Waals surface area contributed by atoms with Crippen LogP contribution in [-0.4, -0.2) is 62.1 Å². The van der Waals surface area contributed by atoms with Crippen molar-refractivity contribution in [3.8, 4) is 5.75 Å². The molecule has 2 aliphatic rings. The number of hydrogen-bond donors (Lipinski definition) is 0. The number of ether oxygens (including phenoxy) is 1. The number of halogens is 2. The van der Waals surface area contributed by atoms with Crippen molar-refractivity contribution >= 4 is 39.7 Å². The predicted molar refractivity (Wildman–Crippen MR) is 184 cm³/mol. The minimum absolute atomic E-state index is 0.0234. The van der Waals surface area contributed by atoms with E-state index in [0.29, 0.717) is 23.1 Å². The van der Waals surface area contributed by atoms with Crippen molar-refractivity contribution in [3.05, 3.63) is 59.8 Å². The maximum Gasteiger partial charge on any atom is 0.0152 e. The van der Waals surface area contributed by atoms with Crippen LogP contribution in [0.1, 0.15) is 102 Å². The smallest absolute Gasteiger partial charge is 0.0152 e. The van der Waals surface area contributed by atoms with Crippen molar-refractivity contribution < 1.29 is 26.7 Å². The molecule has 0 amide bonds. The zero-order valence-corrected chi connectivity index (χ0v) is 31.7. The van der Waals surface area contributed by atoms with Crippen LogP contribution in [-0.2, 0) is 23.5 Å². The average Bonchev–Trinajstić information content (AvgIpc) is 3.41. The number of rotatable bonds is 10. The van der Waals surface area contributed by atoms with Gasteiger partial charge in [-0.05, 0) is 54.8 Å². The SMILES string of the molecule is CC(C)Oc1ccc(S(=O)(=O)N(C)C)cc1[CH]=[Ru]([Cl])[Cl].CC(C)c1cccc(C(C)C)c1N1[CH-]N(CC2CCCCC2)CC1. The topological polar surface area (TPSA) is 53.1 Å². The minimum Gasteiger partial charge on any atom is -0.507 e. The number of sulfonamides is 1. The third-order valence-electron chi connectivity index (χ3n) is 8.09. The van der Waals surface area contributed by atoms with Crippen LogP contribution in [0.15, 0.2) is 41.3 Å². The average molecular weight is 755 g/mol. The van der Waals surface area contributed by atoms with Gasteiger partial charge in [0.2, 0.25) is 0 Å². The number of hydrogen-bond acceptors (Lipinski definition) is 5. The van der Waals surface area contributed by atoms with Gasteiger partial charge in [0.05, 0.1) is 0 Å². The summed E-state index contributed by atoms with van der Waals surface area (Å²) in [7, 11) is 11.3. The first kappa shape index (κ1) is 37.4. The summed E-state index contributed by atoms with van der Waals surface area (Å²) in [4.78, 5) is 5.30. The Morgan fingerprint density at radius 2 is 1.59 bits per heavy atom. The summed E-state index contributed by atoms with van der Waals surface area (Å²) >= 11 is -2.08. The van der Waals surface area contributed by atoms with E-state index in [1.807, 2.05) is 13.8 Å². The number of nitrogens with zero attached hydrogens (tertiary/aromatic N) is 3. The molecule has 0 atom stereocenters. The molecule has 4 rings (SSSR count). The van der Waals surface area contributed by atoms with Crippen LogP contribution in [0.2, 0.25) is 0 Å². The molecule has 0 aromatic heterocycles. The van der Waals surface area contributed by atoms with Crippen LogP contribution in [0.5, 0.6) is 5.75 Å². The molecule has 250 valence electrons. The number of benzene rings is 2. The summed E-state index contributed by atoms with van der Waals surface area (Å²) in [6, 6.07) is 11.6. The maximum atomic E-state index is 12.1. The molecule has 2 aromatic rings. The molecule has 10 heteroatoms. The fourth-order valence-corrected chi connectivity index (χ4v) is 8.55. The van der Waals surface area contributed by atoms with Crippen molar-refractivity contribution in [3.63, 3.8) is 0 Å². The summed E-state index contributed by atoms with van der Waals surface area (Å²) < 4.78 is 32.7. The Kier molecular flexibility index (Phi) is 14.7. The van der Waals surface area contributed by atoms with E-state index in [4.69, 9.17) is 24.1 Å². The molecule has 44 heavy (non-hydrogen) atoms. The van der Waals surface area contributed by atoms with Crippen LogP contribution < -0.4 is 9.64 Å². The van der Waals surface area contributed by atoms with E-state index in [1.54, 1.807) is 16.7 Å². The molecular weight excluding hydrogens is 702 g/mol. The van der Waals surface area contributed by atoms with Crippen LogP contribution in [0, 0.1) is 12.6 Å². The van der Waals surface area contributed by atoms with E-state index in [2.05, 4.69) is 62.4 Å². The second-order valence-corrected chi connectivity index (χ2v) is 20.7. The molecule has 0 spiro atoms. The zero-order chi connectivity index (χ0) is 32.6. The van der Waals surface area contributed by atoms with Crippen LogP contribution in [0.3, 0.4) is 0 Å². The van der Waals surface area contributed by atoms with Crippen molar-refractivity contribution in [2.24, 2.45) is 5.92 Å². The third kappa shape index (κ3) is 10.5. The summed E-state index contributed by atoms with van der Waals surface area (Å²) in [6.07, 6.45) is 7.18. The molecule has 2 fully saturated rings. The summed E-state index contributed by atoms with van der Waals surface area (Å²) in [5, 5.41) is 0. The van der Waals surface area contributed by atoms with Crippen molar-refractivity contribution in [1.29, 1.82) is 0 Å². The zero-order valence-electron chi connectivity index (χ0n) is 27.7. The molecule has 1 aliphatic heterocycles. The van der Waals surface area contributed by atoms with Gasteiger partial charge in [0.15, 0.2) is 0 Å². The molecule has 2 aromatic carbocycles. The summed E-state index contributed by atoms with van der Waals surface area (Å²) in [6.45, 7) is 19.1. The molecule has 1 saturated heterocycles. The van der Waals surface area contributed by atoms with E-state index in [9.17, 15) is 8.42 Å². The van der Waals surface area contributed by atoms with E-state index in [-0.39, 0.29) is 11.0 Å². The van der Waals surface area contributed by atoms with Gasteiger partial charge in [-0.1, -0.05) is 65.2 Å². The quantitative estimate of drug-likeness (QED) is 0.180. The monoisotopic (exact) mass is 754 g/mol. The Labute approximate surface area is 280 Å². The molecule has 0 unspecified atom stereocenters. The van der Waals surface area contributed by atoms with Gasteiger partial charge >= 0.3 is 133 Å². The first-order valence-corrected chi connectivity index (χ1v) is 22.7. The number of anilines is 1. The Balaban J connectivity index is 0.000000245. The first-order valence-electron chi connectivity index (χ1n) is 15.8. The molecule has 1 aliphatic carbocycles. The normalized spacial score (nSPS) is 17.0. The fraction of sp³-hybridized carbons (Fsp3) is 0.588. The van der Waals surface area contributed by atoms with Crippen LogP contribution >= 0.6 is 19.4 Å². The van der Waals surface area contributed by atoms with Crippen molar-refractivity contribution in [2.75, 3.05) is 38.6 Å². The van der Waals surface area contributed by atoms with Gasteiger partial charge in [-0.15, -0.1) is 0 Å². The molecule has 1 saturated carbocycles. The second kappa shape index (κ2) is 17.2. The fourth-order valence-electron chi connectivity index (χ4n) is 5.82. The van der Waals surface area contributed by atoms with Gasteiger partial charge in [-0.3, -0.25) is 0 Å². The van der Waals surface area contributed by atoms with E-state index in [0.717, 1.165) is 16.8 Å². The molecule has 6 nitrogen and oxygen atoms in total. The standard InChI is InChI=1S/C22H35N2.C12H17NO3S.2ClH.Ru/c1-17(2)20-11-8-12-21(18(3)4)22(20)24-14-13-23(16-24)15-19-9-6-5-7-10-19;1-9(2)16-12-7-6-11(8-10(12)3)17(14,15)13(4)5;;;/h8,11-12,16-19H,5-7,9-10,13-15H2,1-4H3;3,6-9H,1-2,4-5H3;2*1H;/q-1;;;;+2/p-2. The van der Waals surface area contributed by atoms with Crippen molar-refractivity contribution in [2.45, 2.75) is 96.5 Å². The third-order valence-corrected chi connectivity index (χ3v) is 11.7. The van der Waals surface area contributed by atoms with Gasteiger partial charge in [0.25, 0.3) is 0 Å². The summed E-state index contributed by atoms with van der Waals surface area (Å²) in [5.41, 5.74) is 5.09. The first-order chi connectivity index (χ1) is 20.7. The van der Waals surface area contributed by atoms with E-state index in [1.165, 1.54) is 82.2 Å². The molecule has 0 bridgehead atoms. The van der Waals surface area contributed by atoms with Gasteiger partial charge in [-0.2, -0.15) is 6.67 Å². The van der Waals surface area contributed by atoms with Gasteiger partial charge in [0, 0.05) is 12.2 Å². The summed E-state index contributed by atoms with van der Waals surface area (Å²) in [5.74, 6) is 2.64. The molecule has 1 heterocycles. The van der Waals surface area contributed by atoms with Crippen LogP contribution in [0.4, 0.5) is 5.69 Å². The molecule has 0 radical (unpaired) electrons. The Morgan fingerprint density at radius 1 is 0.977 bits per heavy atom. The Hall–Kier alpha value is -1.02. The molecule has 0 N–H and O–H groups in total.